The largest absolute Gasteiger partial charge is 0.507 e. The maximum atomic E-state index is 13.2. The van der Waals surface area contributed by atoms with E-state index in [-0.39, 0.29) is 17.7 Å². The standard InChI is InChI=1S/C26H31F3N2O2/c1-5-7-19-14-21(25(31)26(27,28)29)23(32)20(8-6-2)24(19)33-22(15-30)18-11-9-17(10-12-18)13-16(3)4/h9-12,14,16,22,31-32H,5-8,13H2,1-4H3. The van der Waals surface area contributed by atoms with E-state index in [1.807, 2.05) is 38.1 Å². The van der Waals surface area contributed by atoms with E-state index in [2.05, 4.69) is 19.9 Å². The summed E-state index contributed by atoms with van der Waals surface area (Å²) in [5.74, 6) is 0.106. The van der Waals surface area contributed by atoms with Gasteiger partial charge in [-0.05, 0) is 42.4 Å². The molecule has 1 atom stereocenters. The molecule has 0 saturated carbocycles. The number of aryl methyl sites for hydroxylation is 1. The van der Waals surface area contributed by atoms with E-state index < -0.39 is 29.3 Å². The molecule has 2 aromatic rings. The monoisotopic (exact) mass is 460 g/mol. The SMILES string of the molecule is CCCc1cc(C(=N)C(F)(F)F)c(O)c(CCC)c1OC(C#N)c1ccc(CC(C)C)cc1. The third-order valence-corrected chi connectivity index (χ3v) is 5.28. The molecule has 0 radical (unpaired) electrons. The minimum absolute atomic E-state index is 0.198. The number of rotatable bonds is 10. The van der Waals surface area contributed by atoms with E-state index in [0.717, 1.165) is 12.0 Å². The van der Waals surface area contributed by atoms with Gasteiger partial charge in [-0.25, -0.2) is 0 Å². The number of nitrogens with zero attached hydrogens (tertiary/aromatic N) is 1. The topological polar surface area (TPSA) is 77.1 Å². The van der Waals surface area contributed by atoms with Gasteiger partial charge in [0.15, 0.2) is 0 Å². The Balaban J connectivity index is 2.55. The quantitative estimate of drug-likeness (QED) is 0.372. The number of benzene rings is 2. The van der Waals surface area contributed by atoms with Crippen LogP contribution < -0.4 is 4.74 Å². The van der Waals surface area contributed by atoms with Gasteiger partial charge in [0.2, 0.25) is 6.10 Å². The highest BCUT2D eigenvalue weighted by atomic mass is 19.4. The van der Waals surface area contributed by atoms with Gasteiger partial charge in [-0.3, -0.25) is 5.41 Å². The summed E-state index contributed by atoms with van der Waals surface area (Å²) in [4.78, 5) is 0. The van der Waals surface area contributed by atoms with Crippen LogP contribution >= 0.6 is 0 Å². The molecule has 1 unspecified atom stereocenters. The number of ether oxygens (including phenoxy) is 1. The molecule has 0 aromatic heterocycles. The summed E-state index contributed by atoms with van der Waals surface area (Å²) < 4.78 is 45.8. The lowest BCUT2D eigenvalue weighted by Crippen LogP contribution is -2.23. The Bertz CT molecular complexity index is 1010. The van der Waals surface area contributed by atoms with Crippen LogP contribution in [0.25, 0.3) is 0 Å². The van der Waals surface area contributed by atoms with Crippen molar-refractivity contribution in [2.75, 3.05) is 0 Å². The maximum absolute atomic E-state index is 13.2. The van der Waals surface area contributed by atoms with Gasteiger partial charge in [-0.15, -0.1) is 0 Å². The summed E-state index contributed by atoms with van der Waals surface area (Å²) in [7, 11) is 0. The second-order valence-corrected chi connectivity index (χ2v) is 8.58. The van der Waals surface area contributed by atoms with Crippen LogP contribution in [0.5, 0.6) is 11.5 Å². The molecule has 2 rings (SSSR count). The van der Waals surface area contributed by atoms with Crippen molar-refractivity contribution in [3.8, 4) is 17.6 Å². The maximum Gasteiger partial charge on any atom is 0.433 e. The molecule has 33 heavy (non-hydrogen) atoms. The summed E-state index contributed by atoms with van der Waals surface area (Å²) >= 11 is 0. The van der Waals surface area contributed by atoms with Crippen molar-refractivity contribution in [1.82, 2.24) is 0 Å². The Labute approximate surface area is 193 Å². The number of nitriles is 1. The normalized spacial score (nSPS) is 12.5. The smallest absolute Gasteiger partial charge is 0.433 e. The number of hydrogen-bond acceptors (Lipinski definition) is 4. The van der Waals surface area contributed by atoms with E-state index in [9.17, 15) is 23.5 Å². The van der Waals surface area contributed by atoms with Crippen LogP contribution in [0, 0.1) is 22.7 Å². The van der Waals surface area contributed by atoms with Crippen molar-refractivity contribution in [2.45, 2.75) is 72.1 Å². The van der Waals surface area contributed by atoms with Crippen LogP contribution in [0.4, 0.5) is 13.2 Å². The first-order valence-corrected chi connectivity index (χ1v) is 11.2. The molecule has 4 nitrogen and oxygen atoms in total. The van der Waals surface area contributed by atoms with Gasteiger partial charge in [-0.1, -0.05) is 64.8 Å². The third-order valence-electron chi connectivity index (χ3n) is 5.28. The highest BCUT2D eigenvalue weighted by Gasteiger charge is 2.38. The van der Waals surface area contributed by atoms with Crippen molar-refractivity contribution < 1.29 is 23.0 Å². The van der Waals surface area contributed by atoms with E-state index in [0.29, 0.717) is 36.3 Å². The van der Waals surface area contributed by atoms with Crippen LogP contribution in [0.15, 0.2) is 30.3 Å². The summed E-state index contributed by atoms with van der Waals surface area (Å²) in [6.45, 7) is 7.95. The van der Waals surface area contributed by atoms with Crippen molar-refractivity contribution in [3.05, 3.63) is 58.1 Å². The lowest BCUT2D eigenvalue weighted by molar-refractivity contribution is -0.0588. The van der Waals surface area contributed by atoms with Gasteiger partial charge in [0.25, 0.3) is 0 Å². The lowest BCUT2D eigenvalue weighted by atomic mass is 9.94. The summed E-state index contributed by atoms with van der Waals surface area (Å²) in [5.41, 5.74) is 0.244. The first kappa shape index (κ1) is 26.2. The fraction of sp³-hybridized carbons (Fsp3) is 0.462. The molecule has 0 spiro atoms. The molecule has 2 aromatic carbocycles. The van der Waals surface area contributed by atoms with Crippen molar-refractivity contribution in [3.63, 3.8) is 0 Å². The summed E-state index contributed by atoms with van der Waals surface area (Å²) in [5, 5.41) is 28.0. The summed E-state index contributed by atoms with van der Waals surface area (Å²) in [6.07, 6.45) is -3.18. The molecule has 0 fully saturated rings. The number of halogens is 3. The number of alkyl halides is 3. The number of aromatic hydroxyl groups is 1. The van der Waals surface area contributed by atoms with Gasteiger partial charge in [0, 0.05) is 16.7 Å². The van der Waals surface area contributed by atoms with Crippen molar-refractivity contribution in [1.29, 1.82) is 10.7 Å². The van der Waals surface area contributed by atoms with Crippen LogP contribution in [0.2, 0.25) is 0 Å². The number of phenolic OH excluding ortho intramolecular Hbond substituents is 1. The van der Waals surface area contributed by atoms with Crippen LogP contribution in [-0.4, -0.2) is 17.0 Å². The Morgan fingerprint density at radius 2 is 1.73 bits per heavy atom. The zero-order valence-corrected chi connectivity index (χ0v) is 19.5. The molecule has 178 valence electrons. The Morgan fingerprint density at radius 1 is 1.12 bits per heavy atom. The van der Waals surface area contributed by atoms with E-state index in [1.54, 1.807) is 0 Å². The van der Waals surface area contributed by atoms with Crippen LogP contribution in [-0.2, 0) is 19.3 Å². The highest BCUT2D eigenvalue weighted by molar-refractivity contribution is 6.05. The summed E-state index contributed by atoms with van der Waals surface area (Å²) in [6, 6.07) is 10.8. The molecule has 0 heterocycles. The second-order valence-electron chi connectivity index (χ2n) is 8.58. The van der Waals surface area contributed by atoms with Crippen molar-refractivity contribution >= 4 is 5.71 Å². The van der Waals surface area contributed by atoms with Gasteiger partial charge >= 0.3 is 6.18 Å². The highest BCUT2D eigenvalue weighted by Crippen LogP contribution is 2.41. The molecule has 0 aliphatic rings. The first-order valence-electron chi connectivity index (χ1n) is 11.2. The molecule has 0 saturated heterocycles. The molecule has 0 bridgehead atoms. The fourth-order valence-corrected chi connectivity index (χ4v) is 3.79. The zero-order valence-electron chi connectivity index (χ0n) is 19.5. The molecule has 0 amide bonds. The van der Waals surface area contributed by atoms with E-state index >= 15 is 0 Å². The second kappa shape index (κ2) is 11.2. The molecule has 0 aliphatic heterocycles. The predicted molar refractivity (Wildman–Crippen MR) is 123 cm³/mol. The van der Waals surface area contributed by atoms with Gasteiger partial charge in [0.1, 0.15) is 23.3 Å². The molecular weight excluding hydrogens is 429 g/mol. The lowest BCUT2D eigenvalue weighted by Gasteiger charge is -2.23. The number of phenols is 1. The van der Waals surface area contributed by atoms with Crippen LogP contribution in [0.3, 0.4) is 0 Å². The average molecular weight is 461 g/mol. The van der Waals surface area contributed by atoms with Gasteiger partial charge in [-0.2, -0.15) is 18.4 Å². The Hall–Kier alpha value is -3.01. The number of nitrogens with one attached hydrogen (secondary N) is 1. The van der Waals surface area contributed by atoms with E-state index in [1.165, 1.54) is 6.07 Å². The Morgan fingerprint density at radius 3 is 2.21 bits per heavy atom. The minimum Gasteiger partial charge on any atom is -0.507 e. The van der Waals surface area contributed by atoms with Crippen LogP contribution in [0.1, 0.15) is 74.5 Å². The minimum atomic E-state index is -4.89. The fourth-order valence-electron chi connectivity index (χ4n) is 3.79. The van der Waals surface area contributed by atoms with Crippen molar-refractivity contribution in [2.24, 2.45) is 5.92 Å². The third kappa shape index (κ3) is 6.50. The molecule has 2 N–H and O–H groups in total. The van der Waals surface area contributed by atoms with E-state index in [4.69, 9.17) is 10.1 Å². The number of hydrogen-bond donors (Lipinski definition) is 2. The first-order chi connectivity index (χ1) is 15.5. The van der Waals surface area contributed by atoms with Gasteiger partial charge < -0.3 is 9.84 Å². The molecular formula is C26H31F3N2O2. The molecule has 7 heteroatoms. The van der Waals surface area contributed by atoms with Gasteiger partial charge in [0.05, 0.1) is 0 Å². The predicted octanol–water partition coefficient (Wildman–Crippen LogP) is 7.07. The molecule has 0 aliphatic carbocycles. The average Bonchev–Trinajstić information content (AvgIpc) is 2.75. The Kier molecular flexibility index (Phi) is 8.92. The zero-order chi connectivity index (χ0) is 24.8.